The van der Waals surface area contributed by atoms with Gasteiger partial charge in [0.1, 0.15) is 10.3 Å². The summed E-state index contributed by atoms with van der Waals surface area (Å²) in [7, 11) is 3.79. The van der Waals surface area contributed by atoms with E-state index in [4.69, 9.17) is 28.2 Å². The van der Waals surface area contributed by atoms with Gasteiger partial charge in [0.15, 0.2) is 5.65 Å². The van der Waals surface area contributed by atoms with Crippen molar-refractivity contribution in [1.82, 2.24) is 24.6 Å². The van der Waals surface area contributed by atoms with E-state index < -0.39 is 0 Å². The van der Waals surface area contributed by atoms with Gasteiger partial charge in [-0.15, -0.1) is 4.99 Å². The van der Waals surface area contributed by atoms with Crippen LogP contribution in [0.1, 0.15) is 42.3 Å². The summed E-state index contributed by atoms with van der Waals surface area (Å²) in [5.74, 6) is 0.722. The summed E-state index contributed by atoms with van der Waals surface area (Å²) >= 11 is 12.5. The van der Waals surface area contributed by atoms with Gasteiger partial charge >= 0.3 is 0 Å². The van der Waals surface area contributed by atoms with Crippen molar-refractivity contribution in [1.29, 1.82) is 5.26 Å². The van der Waals surface area contributed by atoms with Crippen LogP contribution in [0.25, 0.3) is 11.0 Å². The Labute approximate surface area is 226 Å². The zero-order valence-electron chi connectivity index (χ0n) is 21.4. The summed E-state index contributed by atoms with van der Waals surface area (Å²) in [5, 5.41) is 15.8. The molecule has 3 heterocycles. The molecule has 10 heteroatoms. The van der Waals surface area contributed by atoms with Crippen LogP contribution >= 0.6 is 23.2 Å². The SMILES string of the molecule is Cc1nn(C)c2nc(CN(C)C(=NC#N)N(Cc3ccccc3)c3cc(Cl)nc(Cl)c3)cc(C(C)C)c12. The monoisotopic (exact) mass is 534 g/mol. The highest BCUT2D eigenvalue weighted by molar-refractivity contribution is 6.33. The summed E-state index contributed by atoms with van der Waals surface area (Å²) in [5.41, 5.74) is 5.52. The van der Waals surface area contributed by atoms with Crippen LogP contribution in [0.5, 0.6) is 0 Å². The lowest BCUT2D eigenvalue weighted by Crippen LogP contribution is -2.42. The van der Waals surface area contributed by atoms with E-state index in [0.29, 0.717) is 30.7 Å². The third-order valence-corrected chi connectivity index (χ3v) is 6.44. The molecule has 0 aliphatic heterocycles. The van der Waals surface area contributed by atoms with E-state index in [0.717, 1.165) is 28.0 Å². The second-order valence-corrected chi connectivity index (χ2v) is 9.95. The van der Waals surface area contributed by atoms with Crippen LogP contribution in [-0.2, 0) is 20.1 Å². The fourth-order valence-electron chi connectivity index (χ4n) is 4.43. The number of hydrogen-bond acceptors (Lipinski definition) is 5. The number of halogens is 2. The molecule has 0 spiro atoms. The van der Waals surface area contributed by atoms with Gasteiger partial charge in [-0.3, -0.25) is 4.68 Å². The number of nitriles is 1. The van der Waals surface area contributed by atoms with Gasteiger partial charge in [-0.2, -0.15) is 10.4 Å². The zero-order valence-corrected chi connectivity index (χ0v) is 23.0. The molecule has 0 N–H and O–H groups in total. The summed E-state index contributed by atoms with van der Waals surface area (Å²) in [6.45, 7) is 7.18. The third-order valence-electron chi connectivity index (χ3n) is 6.05. The maximum atomic E-state index is 9.64. The number of aryl methyl sites for hydroxylation is 2. The van der Waals surface area contributed by atoms with Crippen LogP contribution < -0.4 is 4.90 Å². The number of nitrogens with zero attached hydrogens (tertiary/aromatic N) is 8. The minimum absolute atomic E-state index is 0.250. The van der Waals surface area contributed by atoms with Gasteiger partial charge < -0.3 is 9.80 Å². The number of aliphatic imine (C=N–C) groups is 1. The Kier molecular flexibility index (Phi) is 7.96. The molecule has 0 unspecified atom stereocenters. The second-order valence-electron chi connectivity index (χ2n) is 9.18. The minimum Gasteiger partial charge on any atom is -0.339 e. The number of pyridine rings is 2. The fourth-order valence-corrected chi connectivity index (χ4v) is 4.88. The molecule has 190 valence electrons. The van der Waals surface area contributed by atoms with Crippen molar-refractivity contribution in [2.24, 2.45) is 12.0 Å². The first-order chi connectivity index (χ1) is 17.7. The number of guanidine groups is 1. The van der Waals surface area contributed by atoms with Crippen molar-refractivity contribution in [2.45, 2.75) is 39.8 Å². The molecule has 37 heavy (non-hydrogen) atoms. The number of hydrogen-bond donors (Lipinski definition) is 0. The number of benzene rings is 1. The van der Waals surface area contributed by atoms with Crippen molar-refractivity contribution in [3.05, 3.63) is 81.4 Å². The van der Waals surface area contributed by atoms with Crippen LogP contribution in [0.2, 0.25) is 10.3 Å². The number of fused-ring (bicyclic) bond motifs is 1. The van der Waals surface area contributed by atoms with Gasteiger partial charge in [0.25, 0.3) is 0 Å². The van der Waals surface area contributed by atoms with Gasteiger partial charge in [-0.25, -0.2) is 9.97 Å². The van der Waals surface area contributed by atoms with Gasteiger partial charge in [0.2, 0.25) is 12.2 Å². The quantitative estimate of drug-likeness (QED) is 0.129. The summed E-state index contributed by atoms with van der Waals surface area (Å²) in [6, 6.07) is 15.4. The largest absolute Gasteiger partial charge is 0.339 e. The highest BCUT2D eigenvalue weighted by Gasteiger charge is 2.22. The molecule has 0 amide bonds. The Balaban J connectivity index is 1.77. The Morgan fingerprint density at radius 1 is 1.08 bits per heavy atom. The lowest BCUT2D eigenvalue weighted by molar-refractivity contribution is 0.480. The molecule has 1 aromatic carbocycles. The van der Waals surface area contributed by atoms with E-state index in [9.17, 15) is 5.26 Å². The smallest absolute Gasteiger partial charge is 0.217 e. The van der Waals surface area contributed by atoms with Gasteiger partial charge in [-0.05, 0) is 42.2 Å². The van der Waals surface area contributed by atoms with Crippen molar-refractivity contribution in [3.8, 4) is 6.19 Å². The van der Waals surface area contributed by atoms with Gasteiger partial charge in [-0.1, -0.05) is 67.4 Å². The van der Waals surface area contributed by atoms with E-state index in [1.807, 2.05) is 72.0 Å². The summed E-state index contributed by atoms with van der Waals surface area (Å²) in [4.78, 5) is 17.0. The molecule has 0 aliphatic rings. The lowest BCUT2D eigenvalue weighted by atomic mass is 9.99. The first-order valence-corrected chi connectivity index (χ1v) is 12.6. The molecular formula is C27H28Cl2N8. The maximum Gasteiger partial charge on any atom is 0.217 e. The second kappa shape index (κ2) is 11.2. The van der Waals surface area contributed by atoms with Crippen LogP contribution in [0.15, 0.2) is 53.5 Å². The molecule has 0 bridgehead atoms. The highest BCUT2D eigenvalue weighted by Crippen LogP contribution is 2.29. The minimum atomic E-state index is 0.250. The third kappa shape index (κ3) is 5.85. The Hall–Kier alpha value is -3.67. The molecule has 0 aliphatic carbocycles. The van der Waals surface area contributed by atoms with Gasteiger partial charge in [0.05, 0.1) is 30.2 Å². The maximum absolute atomic E-state index is 9.64. The van der Waals surface area contributed by atoms with E-state index in [1.165, 1.54) is 5.56 Å². The van der Waals surface area contributed by atoms with E-state index >= 15 is 0 Å². The average Bonchev–Trinajstić information content (AvgIpc) is 3.13. The molecule has 0 saturated heterocycles. The normalized spacial score (nSPS) is 11.7. The van der Waals surface area contributed by atoms with Crippen LogP contribution in [0.3, 0.4) is 0 Å². The Morgan fingerprint density at radius 3 is 2.38 bits per heavy atom. The van der Waals surface area contributed by atoms with E-state index in [2.05, 4.69) is 35.0 Å². The van der Waals surface area contributed by atoms with Crippen LogP contribution in [-0.4, -0.2) is 37.7 Å². The lowest BCUT2D eigenvalue weighted by Gasteiger charge is -2.32. The van der Waals surface area contributed by atoms with Crippen molar-refractivity contribution in [2.75, 3.05) is 11.9 Å². The van der Waals surface area contributed by atoms with E-state index in [1.54, 1.807) is 12.1 Å². The molecular weight excluding hydrogens is 507 g/mol. The van der Waals surface area contributed by atoms with E-state index in [-0.39, 0.29) is 10.3 Å². The van der Waals surface area contributed by atoms with Crippen molar-refractivity contribution >= 4 is 45.9 Å². The molecule has 0 radical (unpaired) electrons. The Bertz CT molecular complexity index is 1470. The zero-order chi connectivity index (χ0) is 26.7. The molecule has 3 aromatic heterocycles. The topological polar surface area (TPSA) is 86.2 Å². The molecule has 8 nitrogen and oxygen atoms in total. The number of anilines is 1. The van der Waals surface area contributed by atoms with Crippen LogP contribution in [0.4, 0.5) is 5.69 Å². The first kappa shape index (κ1) is 26.4. The van der Waals surface area contributed by atoms with Crippen molar-refractivity contribution in [3.63, 3.8) is 0 Å². The Morgan fingerprint density at radius 2 is 1.76 bits per heavy atom. The van der Waals surface area contributed by atoms with Crippen molar-refractivity contribution < 1.29 is 0 Å². The molecule has 0 atom stereocenters. The number of rotatable bonds is 6. The number of aromatic nitrogens is 4. The molecule has 4 aromatic rings. The van der Waals surface area contributed by atoms with Crippen LogP contribution in [0, 0.1) is 18.4 Å². The molecule has 4 rings (SSSR count). The highest BCUT2D eigenvalue weighted by atomic mass is 35.5. The molecule has 0 saturated carbocycles. The summed E-state index contributed by atoms with van der Waals surface area (Å²) in [6.07, 6.45) is 1.96. The van der Waals surface area contributed by atoms with Gasteiger partial charge in [0, 0.05) is 19.5 Å². The fraction of sp³-hybridized carbons (Fsp3) is 0.296. The predicted molar refractivity (Wildman–Crippen MR) is 149 cm³/mol. The predicted octanol–water partition coefficient (Wildman–Crippen LogP) is 6.08. The first-order valence-electron chi connectivity index (χ1n) is 11.8. The average molecular weight is 535 g/mol. The molecule has 0 fully saturated rings. The standard InChI is InChI=1S/C27H28Cl2N8/c1-17(2)22-11-20(32-26-25(22)18(3)34-36(26)5)15-35(4)27(31-16-30)37(14-19-9-7-6-8-10-19)21-12-23(28)33-24(29)13-21/h6-13,17H,14-15H2,1-5H3. The summed E-state index contributed by atoms with van der Waals surface area (Å²) < 4.78 is 1.81.